The fourth-order valence-corrected chi connectivity index (χ4v) is 6.03. The quantitative estimate of drug-likeness (QED) is 0.378. The van der Waals surface area contributed by atoms with Crippen LogP contribution in [0.5, 0.6) is 0 Å². The first-order valence-corrected chi connectivity index (χ1v) is 11.5. The summed E-state index contributed by atoms with van der Waals surface area (Å²) in [6, 6.07) is 4.50. The van der Waals surface area contributed by atoms with Crippen LogP contribution in [0.3, 0.4) is 0 Å². The van der Waals surface area contributed by atoms with E-state index in [9.17, 15) is 0 Å². The summed E-state index contributed by atoms with van der Waals surface area (Å²) in [4.78, 5) is 9.40. The highest BCUT2D eigenvalue weighted by molar-refractivity contribution is 7.20. The van der Waals surface area contributed by atoms with E-state index in [2.05, 4.69) is 60.2 Å². The van der Waals surface area contributed by atoms with Gasteiger partial charge in [0.15, 0.2) is 11.4 Å². The average molecular weight is 439 g/mol. The van der Waals surface area contributed by atoms with Crippen LogP contribution < -0.4 is 0 Å². The Bertz CT molecular complexity index is 1300. The molecule has 0 spiro atoms. The Morgan fingerprint density at radius 3 is 2.74 bits per heavy atom. The molecule has 0 saturated heterocycles. The Morgan fingerprint density at radius 2 is 2.06 bits per heavy atom. The summed E-state index contributed by atoms with van der Waals surface area (Å²) in [5.41, 5.74) is 8.30. The molecule has 4 aromatic rings. The summed E-state index contributed by atoms with van der Waals surface area (Å²) >= 11 is 1.88. The molecule has 0 saturated carbocycles. The van der Waals surface area contributed by atoms with E-state index in [1.54, 1.807) is 20.5 Å². The molecule has 164 valence electrons. The first-order chi connectivity index (χ1) is 14.9. The molecule has 4 aromatic heterocycles. The number of pyridine rings is 1. The highest BCUT2D eigenvalue weighted by Crippen LogP contribution is 2.44. The SMILES string of the molecule is COC1(OC)CC=C(c2cc3[nH]c(-c4cc(C)c5ncnn5c4)c(C(C)C)c3s2)CC1.[HH]. The largest absolute Gasteiger partial charge is 0.354 e. The number of rotatable bonds is 5. The van der Waals surface area contributed by atoms with E-state index in [-0.39, 0.29) is 1.43 Å². The molecular formula is C24H30N4O2S. The Balaban J connectivity index is 0.00000245. The summed E-state index contributed by atoms with van der Waals surface area (Å²) in [6.45, 7) is 6.61. The van der Waals surface area contributed by atoms with Crippen molar-refractivity contribution in [1.29, 1.82) is 0 Å². The molecule has 1 N–H and O–H groups in total. The van der Waals surface area contributed by atoms with Gasteiger partial charge in [0.1, 0.15) is 6.33 Å². The Hall–Kier alpha value is -2.48. The lowest BCUT2D eigenvalue weighted by molar-refractivity contribution is -0.208. The molecule has 1 aliphatic rings. The fraction of sp³-hybridized carbons (Fsp3) is 0.417. The Morgan fingerprint density at radius 1 is 1.26 bits per heavy atom. The van der Waals surface area contributed by atoms with E-state index >= 15 is 0 Å². The number of nitrogens with zero attached hydrogens (tertiary/aromatic N) is 3. The molecule has 0 aliphatic heterocycles. The molecule has 31 heavy (non-hydrogen) atoms. The molecule has 0 bridgehead atoms. The second-order valence-corrected chi connectivity index (χ2v) is 9.67. The molecule has 5 rings (SSSR count). The summed E-state index contributed by atoms with van der Waals surface area (Å²) in [6.07, 6.45) is 8.55. The maximum absolute atomic E-state index is 5.62. The number of ether oxygens (including phenoxy) is 2. The van der Waals surface area contributed by atoms with Gasteiger partial charge in [-0.25, -0.2) is 9.50 Å². The van der Waals surface area contributed by atoms with Gasteiger partial charge in [-0.2, -0.15) is 5.10 Å². The van der Waals surface area contributed by atoms with E-state index in [1.807, 2.05) is 15.9 Å². The van der Waals surface area contributed by atoms with Gasteiger partial charge in [-0.1, -0.05) is 19.9 Å². The summed E-state index contributed by atoms with van der Waals surface area (Å²) in [5, 5.41) is 4.35. The third-order valence-electron chi connectivity index (χ3n) is 6.43. The number of aromatic amines is 1. The highest BCUT2D eigenvalue weighted by Gasteiger charge is 2.32. The van der Waals surface area contributed by atoms with Crippen molar-refractivity contribution in [3.63, 3.8) is 0 Å². The summed E-state index contributed by atoms with van der Waals surface area (Å²) in [5.74, 6) is -0.0765. The van der Waals surface area contributed by atoms with Gasteiger partial charge in [-0.15, -0.1) is 11.3 Å². The van der Waals surface area contributed by atoms with Gasteiger partial charge < -0.3 is 14.5 Å². The van der Waals surface area contributed by atoms with Crippen molar-refractivity contribution >= 4 is 32.8 Å². The van der Waals surface area contributed by atoms with E-state index in [1.165, 1.54) is 31.9 Å². The minimum atomic E-state index is -0.476. The van der Waals surface area contributed by atoms with Crippen molar-refractivity contribution in [1.82, 2.24) is 19.6 Å². The summed E-state index contributed by atoms with van der Waals surface area (Å²) in [7, 11) is 3.46. The molecular weight excluding hydrogens is 408 g/mol. The van der Waals surface area contributed by atoms with Crippen LogP contribution in [0.4, 0.5) is 0 Å². The van der Waals surface area contributed by atoms with Gasteiger partial charge in [0.25, 0.3) is 0 Å². The third-order valence-corrected chi connectivity index (χ3v) is 7.67. The molecule has 0 amide bonds. The minimum absolute atomic E-state index is 0. The van der Waals surface area contributed by atoms with E-state index < -0.39 is 5.79 Å². The van der Waals surface area contributed by atoms with Crippen LogP contribution in [-0.2, 0) is 9.47 Å². The lowest BCUT2D eigenvalue weighted by Crippen LogP contribution is -2.34. The number of fused-ring (bicyclic) bond motifs is 2. The van der Waals surface area contributed by atoms with Crippen molar-refractivity contribution in [2.45, 2.75) is 51.7 Å². The number of thiophene rings is 1. The van der Waals surface area contributed by atoms with Gasteiger partial charge in [0.2, 0.25) is 0 Å². The van der Waals surface area contributed by atoms with Crippen LogP contribution in [0.1, 0.15) is 56.5 Å². The highest BCUT2D eigenvalue weighted by atomic mass is 32.1. The number of hydrogen-bond donors (Lipinski definition) is 1. The number of aryl methyl sites for hydroxylation is 1. The zero-order valence-electron chi connectivity index (χ0n) is 18.7. The van der Waals surface area contributed by atoms with Crippen LogP contribution in [0.25, 0.3) is 32.7 Å². The summed E-state index contributed by atoms with van der Waals surface area (Å²) < 4.78 is 14.5. The molecule has 4 heterocycles. The average Bonchev–Trinajstić information content (AvgIpc) is 3.47. The van der Waals surface area contributed by atoms with Gasteiger partial charge >= 0.3 is 0 Å². The van der Waals surface area contributed by atoms with Crippen molar-refractivity contribution in [2.24, 2.45) is 0 Å². The zero-order chi connectivity index (χ0) is 21.8. The Labute approximate surface area is 187 Å². The smallest absolute Gasteiger partial charge is 0.171 e. The van der Waals surface area contributed by atoms with Gasteiger partial charge in [-0.05, 0) is 48.1 Å². The van der Waals surface area contributed by atoms with Gasteiger partial charge in [0, 0.05) is 45.1 Å². The third kappa shape index (κ3) is 3.32. The number of nitrogens with one attached hydrogen (secondary N) is 1. The molecule has 0 atom stereocenters. The number of methoxy groups -OCH3 is 2. The van der Waals surface area contributed by atoms with Crippen LogP contribution >= 0.6 is 11.3 Å². The van der Waals surface area contributed by atoms with Crippen molar-refractivity contribution in [3.05, 3.63) is 46.7 Å². The lowest BCUT2D eigenvalue weighted by atomic mass is 9.93. The number of allylic oxidation sites excluding steroid dienone is 1. The standard InChI is InChI=1S/C24H28N4O2S.H2/c1-14(2)20-21(17-10-15(3)23-25-13-26-28(23)12-17)27-18-11-19(31-22(18)20)16-6-8-24(29-4,30-5)9-7-16;/h6,10-14,27H,7-9H2,1-5H3;1H. The maximum atomic E-state index is 5.62. The number of aromatic nitrogens is 4. The van der Waals surface area contributed by atoms with Crippen LogP contribution in [0.15, 0.2) is 30.7 Å². The van der Waals surface area contributed by atoms with Crippen molar-refractivity contribution < 1.29 is 10.9 Å². The molecule has 7 heteroatoms. The topological polar surface area (TPSA) is 64.4 Å². The molecule has 0 unspecified atom stereocenters. The predicted octanol–water partition coefficient (Wildman–Crippen LogP) is 6.17. The van der Waals surface area contributed by atoms with E-state index in [0.717, 1.165) is 36.0 Å². The zero-order valence-corrected chi connectivity index (χ0v) is 19.5. The Kier molecular flexibility index (Phi) is 5.00. The van der Waals surface area contributed by atoms with Gasteiger partial charge in [0.05, 0.1) is 15.9 Å². The normalized spacial score (nSPS) is 16.5. The molecule has 6 nitrogen and oxygen atoms in total. The molecule has 0 radical (unpaired) electrons. The van der Waals surface area contributed by atoms with Crippen LogP contribution in [0.2, 0.25) is 0 Å². The van der Waals surface area contributed by atoms with Crippen molar-refractivity contribution in [3.8, 4) is 11.3 Å². The minimum Gasteiger partial charge on any atom is -0.354 e. The number of H-pyrrole nitrogens is 1. The van der Waals surface area contributed by atoms with Crippen LogP contribution in [-0.4, -0.2) is 39.6 Å². The molecule has 0 fully saturated rings. The van der Waals surface area contributed by atoms with E-state index in [0.29, 0.717) is 5.92 Å². The van der Waals surface area contributed by atoms with E-state index in [4.69, 9.17) is 9.47 Å². The fourth-order valence-electron chi connectivity index (χ4n) is 4.65. The number of hydrogen-bond acceptors (Lipinski definition) is 5. The second-order valence-electron chi connectivity index (χ2n) is 8.61. The lowest BCUT2D eigenvalue weighted by Gasteiger charge is -2.33. The maximum Gasteiger partial charge on any atom is 0.171 e. The molecule has 1 aliphatic carbocycles. The monoisotopic (exact) mass is 438 g/mol. The van der Waals surface area contributed by atoms with Crippen LogP contribution in [0, 0.1) is 6.92 Å². The second kappa shape index (κ2) is 7.58. The van der Waals surface area contributed by atoms with Crippen molar-refractivity contribution in [2.75, 3.05) is 14.2 Å². The first kappa shape index (κ1) is 20.4. The predicted molar refractivity (Wildman–Crippen MR) is 128 cm³/mol. The first-order valence-electron chi connectivity index (χ1n) is 10.7. The molecule has 0 aromatic carbocycles. The van der Waals surface area contributed by atoms with Gasteiger partial charge in [-0.3, -0.25) is 0 Å².